The fourth-order valence-corrected chi connectivity index (χ4v) is 4.09. The summed E-state index contributed by atoms with van der Waals surface area (Å²) in [5.41, 5.74) is 1.92. The van der Waals surface area contributed by atoms with Gasteiger partial charge in [0.05, 0.1) is 12.7 Å². The zero-order chi connectivity index (χ0) is 15.3. The van der Waals surface area contributed by atoms with Crippen molar-refractivity contribution in [3.8, 4) is 0 Å². The molecule has 4 rings (SSSR count). The summed E-state index contributed by atoms with van der Waals surface area (Å²) in [7, 11) is 1.81. The Hall–Kier alpha value is -1.99. The molecule has 0 aliphatic carbocycles. The molecule has 7 heteroatoms. The van der Waals surface area contributed by atoms with Crippen molar-refractivity contribution >= 4 is 22.4 Å². The molecule has 1 aliphatic rings. The third kappa shape index (κ3) is 2.08. The van der Waals surface area contributed by atoms with E-state index in [0.29, 0.717) is 29.4 Å². The summed E-state index contributed by atoms with van der Waals surface area (Å²) >= 11 is 1.83. The molecule has 0 spiro atoms. The van der Waals surface area contributed by atoms with Gasteiger partial charge in [0.2, 0.25) is 0 Å². The van der Waals surface area contributed by atoms with Crippen LogP contribution in [0.1, 0.15) is 29.2 Å². The highest BCUT2D eigenvalue weighted by molar-refractivity contribution is 7.10. The molecule has 1 atom stereocenters. The van der Waals surface area contributed by atoms with Crippen molar-refractivity contribution in [1.82, 2.24) is 24.6 Å². The lowest BCUT2D eigenvalue weighted by molar-refractivity contribution is 0.186. The molecule has 0 saturated carbocycles. The van der Waals surface area contributed by atoms with Crippen LogP contribution in [0.3, 0.4) is 0 Å². The standard InChI is InChI=1S/C15H17N5OS/c1-9-10-4-6-22-12(10)3-5-20(9)8-13-17-14-11(15(21)18-13)7-16-19(14)2/h4,6-7,9H,3,5,8H2,1-2H3,(H,17,18,21)/t9-/m0/s1. The molecule has 0 unspecified atom stereocenters. The number of hydrogen-bond donors (Lipinski definition) is 1. The van der Waals surface area contributed by atoms with Crippen molar-refractivity contribution < 1.29 is 0 Å². The molecule has 1 aliphatic heterocycles. The first-order valence-corrected chi connectivity index (χ1v) is 8.22. The molecule has 114 valence electrons. The van der Waals surface area contributed by atoms with E-state index in [4.69, 9.17) is 0 Å². The Morgan fingerprint density at radius 3 is 3.23 bits per heavy atom. The van der Waals surface area contributed by atoms with Gasteiger partial charge in [0.1, 0.15) is 11.2 Å². The molecule has 0 fully saturated rings. The van der Waals surface area contributed by atoms with Gasteiger partial charge in [-0.15, -0.1) is 11.3 Å². The van der Waals surface area contributed by atoms with Gasteiger partial charge in [-0.1, -0.05) is 0 Å². The molecule has 0 radical (unpaired) electrons. The van der Waals surface area contributed by atoms with E-state index in [9.17, 15) is 4.79 Å². The molecule has 6 nitrogen and oxygen atoms in total. The Morgan fingerprint density at radius 1 is 1.50 bits per heavy atom. The zero-order valence-electron chi connectivity index (χ0n) is 12.5. The van der Waals surface area contributed by atoms with Crippen molar-refractivity contribution in [2.45, 2.75) is 25.9 Å². The molecular formula is C15H17N5OS. The molecular weight excluding hydrogens is 298 g/mol. The average Bonchev–Trinajstić information content (AvgIpc) is 3.10. The predicted octanol–water partition coefficient (Wildman–Crippen LogP) is 1.84. The highest BCUT2D eigenvalue weighted by Gasteiger charge is 2.25. The van der Waals surface area contributed by atoms with Gasteiger partial charge in [-0.3, -0.25) is 14.4 Å². The minimum Gasteiger partial charge on any atom is -0.309 e. The molecule has 0 saturated heterocycles. The van der Waals surface area contributed by atoms with Crippen LogP contribution in [0.15, 0.2) is 22.4 Å². The molecule has 1 N–H and O–H groups in total. The Labute approximate surface area is 131 Å². The lowest BCUT2D eigenvalue weighted by atomic mass is 10.0. The van der Waals surface area contributed by atoms with Gasteiger partial charge in [0, 0.05) is 24.5 Å². The van der Waals surface area contributed by atoms with E-state index in [1.807, 2.05) is 11.3 Å². The van der Waals surface area contributed by atoms with Gasteiger partial charge >= 0.3 is 0 Å². The third-order valence-electron chi connectivity index (χ3n) is 4.41. The maximum Gasteiger partial charge on any atom is 0.262 e. The Morgan fingerprint density at radius 2 is 2.36 bits per heavy atom. The summed E-state index contributed by atoms with van der Waals surface area (Å²) in [4.78, 5) is 23.4. The first kappa shape index (κ1) is 13.7. The van der Waals surface area contributed by atoms with Gasteiger partial charge in [-0.2, -0.15) is 5.10 Å². The van der Waals surface area contributed by atoms with Crippen LogP contribution in [0, 0.1) is 0 Å². The highest BCUT2D eigenvalue weighted by atomic mass is 32.1. The van der Waals surface area contributed by atoms with Crippen LogP contribution in [0.4, 0.5) is 0 Å². The van der Waals surface area contributed by atoms with Crippen molar-refractivity contribution in [3.63, 3.8) is 0 Å². The highest BCUT2D eigenvalue weighted by Crippen LogP contribution is 2.33. The fraction of sp³-hybridized carbons (Fsp3) is 0.400. The van der Waals surface area contributed by atoms with E-state index in [2.05, 4.69) is 38.3 Å². The van der Waals surface area contributed by atoms with Crippen LogP contribution in [0.5, 0.6) is 0 Å². The third-order valence-corrected chi connectivity index (χ3v) is 5.40. The summed E-state index contributed by atoms with van der Waals surface area (Å²) in [6.45, 7) is 3.85. The largest absolute Gasteiger partial charge is 0.309 e. The second-order valence-electron chi connectivity index (χ2n) is 5.71. The lowest BCUT2D eigenvalue weighted by Gasteiger charge is -2.33. The van der Waals surface area contributed by atoms with Crippen LogP contribution < -0.4 is 5.56 Å². The second kappa shape index (κ2) is 5.03. The van der Waals surface area contributed by atoms with Crippen LogP contribution in [-0.4, -0.2) is 31.2 Å². The van der Waals surface area contributed by atoms with Gasteiger partial charge in [0.25, 0.3) is 5.56 Å². The number of fused-ring (bicyclic) bond motifs is 2. The first-order valence-electron chi connectivity index (χ1n) is 7.34. The maximum atomic E-state index is 12.1. The SMILES string of the molecule is C[C@H]1c2ccsc2CCN1Cc1nc2c(cnn2C)c(=O)[nH]1. The molecule has 3 aromatic rings. The van der Waals surface area contributed by atoms with Crippen molar-refractivity contribution in [2.75, 3.05) is 6.54 Å². The van der Waals surface area contributed by atoms with E-state index in [0.717, 1.165) is 13.0 Å². The number of aryl methyl sites for hydroxylation is 1. The first-order chi connectivity index (χ1) is 10.6. The molecule has 4 heterocycles. The minimum absolute atomic E-state index is 0.117. The molecule has 0 aromatic carbocycles. The van der Waals surface area contributed by atoms with Crippen LogP contribution in [0.2, 0.25) is 0 Å². The van der Waals surface area contributed by atoms with Gasteiger partial charge < -0.3 is 4.98 Å². The molecule has 22 heavy (non-hydrogen) atoms. The summed E-state index contributed by atoms with van der Waals surface area (Å²) < 4.78 is 1.64. The van der Waals surface area contributed by atoms with E-state index in [1.54, 1.807) is 17.9 Å². The number of aromatic amines is 1. The number of H-pyrrole nitrogens is 1. The maximum absolute atomic E-state index is 12.1. The molecule has 0 amide bonds. The number of nitrogens with zero attached hydrogens (tertiary/aromatic N) is 4. The van der Waals surface area contributed by atoms with Gasteiger partial charge in [-0.05, 0) is 30.4 Å². The summed E-state index contributed by atoms with van der Waals surface area (Å²) in [5, 5.41) is 6.80. The average molecular weight is 315 g/mol. The summed E-state index contributed by atoms with van der Waals surface area (Å²) in [6.07, 6.45) is 2.63. The number of aromatic nitrogens is 4. The Bertz CT molecular complexity index is 893. The zero-order valence-corrected chi connectivity index (χ0v) is 13.4. The van der Waals surface area contributed by atoms with Gasteiger partial charge in [-0.25, -0.2) is 4.98 Å². The molecule has 0 bridgehead atoms. The second-order valence-corrected chi connectivity index (χ2v) is 6.71. The summed E-state index contributed by atoms with van der Waals surface area (Å²) in [6, 6.07) is 2.56. The fourth-order valence-electron chi connectivity index (χ4n) is 3.12. The number of hydrogen-bond acceptors (Lipinski definition) is 5. The predicted molar refractivity (Wildman–Crippen MR) is 86.0 cm³/mol. The number of rotatable bonds is 2. The van der Waals surface area contributed by atoms with Crippen LogP contribution in [-0.2, 0) is 20.0 Å². The molecule has 3 aromatic heterocycles. The summed E-state index contributed by atoms with van der Waals surface area (Å²) in [5.74, 6) is 0.701. The lowest BCUT2D eigenvalue weighted by Crippen LogP contribution is -2.33. The van der Waals surface area contributed by atoms with Crippen molar-refractivity contribution in [2.24, 2.45) is 7.05 Å². The monoisotopic (exact) mass is 315 g/mol. The smallest absolute Gasteiger partial charge is 0.262 e. The van der Waals surface area contributed by atoms with Crippen LogP contribution >= 0.6 is 11.3 Å². The topological polar surface area (TPSA) is 66.8 Å². The van der Waals surface area contributed by atoms with Crippen LogP contribution in [0.25, 0.3) is 11.0 Å². The van der Waals surface area contributed by atoms with Crippen molar-refractivity contribution in [3.05, 3.63) is 44.3 Å². The van der Waals surface area contributed by atoms with E-state index < -0.39 is 0 Å². The number of thiophene rings is 1. The quantitative estimate of drug-likeness (QED) is 0.783. The number of nitrogens with one attached hydrogen (secondary N) is 1. The Balaban J connectivity index is 1.67. The van der Waals surface area contributed by atoms with E-state index in [-0.39, 0.29) is 5.56 Å². The normalized spacial score (nSPS) is 18.7. The van der Waals surface area contributed by atoms with Gasteiger partial charge in [0.15, 0.2) is 5.65 Å². The van der Waals surface area contributed by atoms with Crippen molar-refractivity contribution in [1.29, 1.82) is 0 Å². The minimum atomic E-state index is -0.117. The Kier molecular flexibility index (Phi) is 3.12. The van der Waals surface area contributed by atoms with E-state index in [1.165, 1.54) is 10.4 Å². The van der Waals surface area contributed by atoms with E-state index >= 15 is 0 Å².